The fourth-order valence-electron chi connectivity index (χ4n) is 1.90. The fourth-order valence-corrected chi connectivity index (χ4v) is 1.90. The predicted octanol–water partition coefficient (Wildman–Crippen LogP) is 2.45. The molecule has 2 rings (SSSR count). The summed E-state index contributed by atoms with van der Waals surface area (Å²) in [6.45, 7) is 4.59. The minimum atomic E-state index is -0.0637. The van der Waals surface area contributed by atoms with Crippen molar-refractivity contribution in [3.8, 4) is 5.75 Å². The molecule has 0 saturated carbocycles. The zero-order valence-corrected chi connectivity index (χ0v) is 10.8. The molecule has 0 aliphatic heterocycles. The first-order chi connectivity index (χ1) is 8.67. The van der Waals surface area contributed by atoms with Crippen LogP contribution in [0.3, 0.4) is 0 Å². The van der Waals surface area contributed by atoms with E-state index in [1.165, 1.54) is 0 Å². The SMILES string of the molecule is CCn1nccc1C(=O)c1ccc(C)cc1OC. The summed E-state index contributed by atoms with van der Waals surface area (Å²) in [6, 6.07) is 7.29. The number of carbonyl (C=O) groups excluding carboxylic acids is 1. The van der Waals surface area contributed by atoms with Crippen LogP contribution in [-0.4, -0.2) is 22.7 Å². The molecule has 1 aromatic heterocycles. The zero-order valence-electron chi connectivity index (χ0n) is 10.8. The molecule has 4 nitrogen and oxygen atoms in total. The summed E-state index contributed by atoms with van der Waals surface area (Å²) in [5, 5.41) is 4.11. The first kappa shape index (κ1) is 12.4. The molecule has 4 heteroatoms. The number of nitrogens with zero attached hydrogens (tertiary/aromatic N) is 2. The van der Waals surface area contributed by atoms with Crippen LogP contribution in [0.15, 0.2) is 30.5 Å². The van der Waals surface area contributed by atoms with Crippen LogP contribution in [0.1, 0.15) is 28.5 Å². The van der Waals surface area contributed by atoms with Gasteiger partial charge in [-0.1, -0.05) is 6.07 Å². The van der Waals surface area contributed by atoms with Crippen molar-refractivity contribution in [2.24, 2.45) is 0 Å². The van der Waals surface area contributed by atoms with Gasteiger partial charge in [0.25, 0.3) is 0 Å². The summed E-state index contributed by atoms with van der Waals surface area (Å²) in [7, 11) is 1.57. The Morgan fingerprint density at radius 3 is 2.83 bits per heavy atom. The third-order valence-corrected chi connectivity index (χ3v) is 2.85. The van der Waals surface area contributed by atoms with Gasteiger partial charge >= 0.3 is 0 Å². The van der Waals surface area contributed by atoms with Crippen molar-refractivity contribution in [1.29, 1.82) is 0 Å². The van der Waals surface area contributed by atoms with Gasteiger partial charge in [0.15, 0.2) is 0 Å². The molecule has 1 heterocycles. The van der Waals surface area contributed by atoms with E-state index in [0.29, 0.717) is 23.6 Å². The maximum atomic E-state index is 12.4. The molecule has 0 amide bonds. The lowest BCUT2D eigenvalue weighted by Crippen LogP contribution is -2.11. The normalized spacial score (nSPS) is 10.4. The van der Waals surface area contributed by atoms with Gasteiger partial charge in [-0.05, 0) is 37.6 Å². The van der Waals surface area contributed by atoms with Gasteiger partial charge < -0.3 is 4.74 Å². The average Bonchev–Trinajstić information content (AvgIpc) is 2.86. The number of rotatable bonds is 4. The second kappa shape index (κ2) is 5.04. The molecule has 0 aliphatic carbocycles. The van der Waals surface area contributed by atoms with Gasteiger partial charge in [-0.3, -0.25) is 9.48 Å². The summed E-state index contributed by atoms with van der Waals surface area (Å²) in [5.41, 5.74) is 2.21. The first-order valence-corrected chi connectivity index (χ1v) is 5.88. The van der Waals surface area contributed by atoms with E-state index in [1.807, 2.05) is 26.0 Å². The Balaban J connectivity index is 2.46. The van der Waals surface area contributed by atoms with Crippen molar-refractivity contribution >= 4 is 5.78 Å². The van der Waals surface area contributed by atoms with Crippen molar-refractivity contribution < 1.29 is 9.53 Å². The lowest BCUT2D eigenvalue weighted by molar-refractivity contribution is 0.102. The summed E-state index contributed by atoms with van der Waals surface area (Å²) in [5.74, 6) is 0.537. The second-order valence-corrected chi connectivity index (χ2v) is 4.07. The maximum Gasteiger partial charge on any atom is 0.214 e. The molecule has 0 fully saturated rings. The molecule has 0 radical (unpaired) electrons. The Morgan fingerprint density at radius 2 is 2.17 bits per heavy atom. The van der Waals surface area contributed by atoms with Gasteiger partial charge in [-0.25, -0.2) is 0 Å². The van der Waals surface area contributed by atoms with Crippen LogP contribution in [0.25, 0.3) is 0 Å². The molecular weight excluding hydrogens is 228 g/mol. The van der Waals surface area contributed by atoms with Gasteiger partial charge in [0.05, 0.1) is 12.7 Å². The highest BCUT2D eigenvalue weighted by atomic mass is 16.5. The Kier molecular flexibility index (Phi) is 3.46. The van der Waals surface area contributed by atoms with E-state index in [0.717, 1.165) is 5.56 Å². The quantitative estimate of drug-likeness (QED) is 0.776. The van der Waals surface area contributed by atoms with E-state index in [-0.39, 0.29) is 5.78 Å². The second-order valence-electron chi connectivity index (χ2n) is 4.07. The summed E-state index contributed by atoms with van der Waals surface area (Å²) in [4.78, 5) is 12.4. The van der Waals surface area contributed by atoms with Gasteiger partial charge in [-0.2, -0.15) is 5.10 Å². The van der Waals surface area contributed by atoms with Crippen LogP contribution in [-0.2, 0) is 6.54 Å². The Hall–Kier alpha value is -2.10. The number of carbonyl (C=O) groups is 1. The van der Waals surface area contributed by atoms with Crippen molar-refractivity contribution in [2.45, 2.75) is 20.4 Å². The molecular formula is C14H16N2O2. The van der Waals surface area contributed by atoms with E-state index in [2.05, 4.69) is 5.10 Å². The Labute approximate surface area is 106 Å². The van der Waals surface area contributed by atoms with E-state index < -0.39 is 0 Å². The Bertz CT molecular complexity index is 573. The number of aryl methyl sites for hydroxylation is 2. The van der Waals surface area contributed by atoms with Crippen molar-refractivity contribution in [1.82, 2.24) is 9.78 Å². The van der Waals surface area contributed by atoms with Crippen LogP contribution in [0.2, 0.25) is 0 Å². The lowest BCUT2D eigenvalue weighted by atomic mass is 10.0. The van der Waals surface area contributed by atoms with Gasteiger partial charge in [-0.15, -0.1) is 0 Å². The van der Waals surface area contributed by atoms with Crippen LogP contribution < -0.4 is 4.74 Å². The van der Waals surface area contributed by atoms with E-state index in [4.69, 9.17) is 4.74 Å². The molecule has 0 unspecified atom stereocenters. The van der Waals surface area contributed by atoms with Crippen molar-refractivity contribution in [2.75, 3.05) is 7.11 Å². The number of ketones is 1. The first-order valence-electron chi connectivity index (χ1n) is 5.88. The third kappa shape index (κ3) is 2.14. The monoisotopic (exact) mass is 244 g/mol. The predicted molar refractivity (Wildman–Crippen MR) is 69.1 cm³/mol. The molecule has 0 spiro atoms. The molecule has 0 saturated heterocycles. The molecule has 18 heavy (non-hydrogen) atoms. The van der Waals surface area contributed by atoms with Crippen LogP contribution >= 0.6 is 0 Å². The minimum Gasteiger partial charge on any atom is -0.496 e. The number of methoxy groups -OCH3 is 1. The summed E-state index contributed by atoms with van der Waals surface area (Å²) < 4.78 is 6.95. The topological polar surface area (TPSA) is 44.1 Å². The lowest BCUT2D eigenvalue weighted by Gasteiger charge is -2.09. The van der Waals surface area contributed by atoms with Gasteiger partial charge in [0.1, 0.15) is 11.4 Å². The number of benzene rings is 1. The smallest absolute Gasteiger partial charge is 0.214 e. The molecule has 0 aliphatic rings. The van der Waals surface area contributed by atoms with E-state index in [1.54, 1.807) is 30.1 Å². The van der Waals surface area contributed by atoms with E-state index >= 15 is 0 Å². The van der Waals surface area contributed by atoms with Crippen LogP contribution in [0.5, 0.6) is 5.75 Å². The maximum absolute atomic E-state index is 12.4. The number of hydrogen-bond acceptors (Lipinski definition) is 3. The van der Waals surface area contributed by atoms with E-state index in [9.17, 15) is 4.79 Å². The van der Waals surface area contributed by atoms with Gasteiger partial charge in [0.2, 0.25) is 5.78 Å². The highest BCUT2D eigenvalue weighted by Crippen LogP contribution is 2.22. The molecule has 0 atom stereocenters. The van der Waals surface area contributed by atoms with Crippen molar-refractivity contribution in [3.05, 3.63) is 47.3 Å². The third-order valence-electron chi connectivity index (χ3n) is 2.85. The number of aromatic nitrogens is 2. The highest BCUT2D eigenvalue weighted by Gasteiger charge is 2.17. The summed E-state index contributed by atoms with van der Waals surface area (Å²) >= 11 is 0. The molecule has 1 aromatic carbocycles. The fraction of sp³-hybridized carbons (Fsp3) is 0.286. The molecule has 0 bridgehead atoms. The number of hydrogen-bond donors (Lipinski definition) is 0. The molecule has 0 N–H and O–H groups in total. The largest absolute Gasteiger partial charge is 0.496 e. The zero-order chi connectivity index (χ0) is 13.1. The molecule has 94 valence electrons. The minimum absolute atomic E-state index is 0.0637. The van der Waals surface area contributed by atoms with Gasteiger partial charge in [0, 0.05) is 12.7 Å². The summed E-state index contributed by atoms with van der Waals surface area (Å²) in [6.07, 6.45) is 1.64. The van der Waals surface area contributed by atoms with Crippen molar-refractivity contribution in [3.63, 3.8) is 0 Å². The van der Waals surface area contributed by atoms with Crippen LogP contribution in [0, 0.1) is 6.92 Å². The average molecular weight is 244 g/mol. The highest BCUT2D eigenvalue weighted by molar-refractivity contribution is 6.09. The Morgan fingerprint density at radius 1 is 1.39 bits per heavy atom. The van der Waals surface area contributed by atoms with Crippen LogP contribution in [0.4, 0.5) is 0 Å². The standard InChI is InChI=1S/C14H16N2O2/c1-4-16-12(7-8-15-16)14(17)11-6-5-10(2)9-13(11)18-3/h5-9H,4H2,1-3H3. The molecule has 2 aromatic rings. The number of ether oxygens (including phenoxy) is 1.